The van der Waals surface area contributed by atoms with Gasteiger partial charge in [0.15, 0.2) is 5.79 Å². The molecule has 2 bridgehead atoms. The van der Waals surface area contributed by atoms with E-state index in [1.165, 1.54) is 24.0 Å². The molecule has 1 spiro atoms. The van der Waals surface area contributed by atoms with E-state index in [0.29, 0.717) is 5.92 Å². The van der Waals surface area contributed by atoms with E-state index in [1.54, 1.807) is 0 Å². The van der Waals surface area contributed by atoms with Crippen molar-refractivity contribution in [1.82, 2.24) is 0 Å². The van der Waals surface area contributed by atoms with Crippen LogP contribution in [0.15, 0.2) is 24.3 Å². The first kappa shape index (κ1) is 11.0. The van der Waals surface area contributed by atoms with Gasteiger partial charge in [-0.15, -0.1) is 0 Å². The highest BCUT2D eigenvalue weighted by atomic mass is 16.6. The van der Waals surface area contributed by atoms with Gasteiger partial charge in [0.2, 0.25) is 0 Å². The Morgan fingerprint density at radius 2 is 2.00 bits per heavy atom. The van der Waals surface area contributed by atoms with E-state index in [9.17, 15) is 5.11 Å². The van der Waals surface area contributed by atoms with Gasteiger partial charge in [0, 0.05) is 12.8 Å². The average molecular weight is 244 g/mol. The van der Waals surface area contributed by atoms with Crippen molar-refractivity contribution in [1.29, 1.82) is 0 Å². The fraction of sp³-hybridized carbons (Fsp3) is 0.625. The molecule has 1 aromatic carbocycles. The summed E-state index contributed by atoms with van der Waals surface area (Å²) in [5.74, 6) is -0.267. The molecule has 1 aliphatic carbocycles. The van der Waals surface area contributed by atoms with Gasteiger partial charge in [-0.1, -0.05) is 24.3 Å². The fourth-order valence-electron chi connectivity index (χ4n) is 4.42. The maximum atomic E-state index is 10.7. The van der Waals surface area contributed by atoms with Gasteiger partial charge in [0.1, 0.15) is 0 Å². The highest BCUT2D eigenvalue weighted by Gasteiger charge is 2.55. The largest absolute Gasteiger partial charge is 0.365 e. The average Bonchev–Trinajstić information content (AvgIpc) is 2.76. The molecule has 1 saturated carbocycles. The third-order valence-corrected chi connectivity index (χ3v) is 5.27. The molecule has 0 radical (unpaired) electrons. The summed E-state index contributed by atoms with van der Waals surface area (Å²) >= 11 is 0. The molecule has 2 heterocycles. The summed E-state index contributed by atoms with van der Waals surface area (Å²) in [6, 6.07) is 8.67. The van der Waals surface area contributed by atoms with Crippen LogP contribution >= 0.6 is 0 Å². The molecule has 3 aliphatic rings. The summed E-state index contributed by atoms with van der Waals surface area (Å²) < 4.78 is 6.33. The number of ether oxygens (including phenoxy) is 1. The fourth-order valence-corrected chi connectivity index (χ4v) is 4.42. The zero-order chi connectivity index (χ0) is 12.2. The molecule has 2 aliphatic heterocycles. The molecule has 3 atom stereocenters. The number of rotatable bonds is 0. The van der Waals surface area contributed by atoms with Gasteiger partial charge >= 0.3 is 0 Å². The van der Waals surface area contributed by atoms with Crippen LogP contribution in [0.5, 0.6) is 0 Å². The smallest absolute Gasteiger partial charge is 0.166 e. The Kier molecular flexibility index (Phi) is 2.19. The zero-order valence-electron chi connectivity index (χ0n) is 10.7. The molecule has 18 heavy (non-hydrogen) atoms. The second-order valence-electron chi connectivity index (χ2n) is 6.22. The van der Waals surface area contributed by atoms with Crippen molar-refractivity contribution >= 4 is 0 Å². The van der Waals surface area contributed by atoms with Gasteiger partial charge in [-0.05, 0) is 49.1 Å². The van der Waals surface area contributed by atoms with E-state index in [0.717, 1.165) is 32.1 Å². The first-order valence-electron chi connectivity index (χ1n) is 7.23. The molecule has 0 aromatic heterocycles. The highest BCUT2D eigenvalue weighted by molar-refractivity contribution is 5.36. The molecule has 96 valence electrons. The normalized spacial score (nSPS) is 41.9. The van der Waals surface area contributed by atoms with Crippen LogP contribution in [0.25, 0.3) is 0 Å². The van der Waals surface area contributed by atoms with Crippen molar-refractivity contribution in [2.24, 2.45) is 5.92 Å². The van der Waals surface area contributed by atoms with Crippen LogP contribution in [-0.2, 0) is 16.8 Å². The molecule has 0 unspecified atom stereocenters. The molecule has 2 nitrogen and oxygen atoms in total. The molecule has 4 rings (SSSR count). The van der Waals surface area contributed by atoms with Crippen molar-refractivity contribution in [3.63, 3.8) is 0 Å². The zero-order valence-corrected chi connectivity index (χ0v) is 10.7. The van der Waals surface area contributed by atoms with Crippen molar-refractivity contribution in [2.45, 2.75) is 56.3 Å². The number of fused-ring (bicyclic) bond motifs is 2. The lowest BCUT2D eigenvalue weighted by molar-refractivity contribution is -0.307. The van der Waals surface area contributed by atoms with E-state index in [2.05, 4.69) is 24.3 Å². The topological polar surface area (TPSA) is 29.5 Å². The predicted molar refractivity (Wildman–Crippen MR) is 69.1 cm³/mol. The van der Waals surface area contributed by atoms with Gasteiger partial charge in [-0.3, -0.25) is 0 Å². The number of hydrogen-bond acceptors (Lipinski definition) is 2. The Morgan fingerprint density at radius 3 is 2.94 bits per heavy atom. The molecular weight excluding hydrogens is 224 g/mol. The van der Waals surface area contributed by atoms with Gasteiger partial charge in [-0.2, -0.15) is 0 Å². The van der Waals surface area contributed by atoms with Gasteiger partial charge < -0.3 is 9.84 Å². The van der Waals surface area contributed by atoms with E-state index < -0.39 is 5.79 Å². The van der Waals surface area contributed by atoms with Crippen LogP contribution in [0, 0.1) is 5.92 Å². The van der Waals surface area contributed by atoms with Crippen LogP contribution in [0.1, 0.15) is 49.7 Å². The van der Waals surface area contributed by atoms with Crippen LogP contribution in [0.2, 0.25) is 0 Å². The Balaban J connectivity index is 1.92. The lowest BCUT2D eigenvalue weighted by atomic mass is 9.77. The lowest BCUT2D eigenvalue weighted by Gasteiger charge is -2.46. The molecule has 2 heteroatoms. The molecule has 2 fully saturated rings. The Morgan fingerprint density at radius 1 is 1.11 bits per heavy atom. The van der Waals surface area contributed by atoms with Crippen LogP contribution < -0.4 is 0 Å². The quantitative estimate of drug-likeness (QED) is 0.759. The summed E-state index contributed by atoms with van der Waals surface area (Å²) in [4.78, 5) is 0. The van der Waals surface area contributed by atoms with Crippen molar-refractivity contribution < 1.29 is 9.84 Å². The maximum absolute atomic E-state index is 10.7. The van der Waals surface area contributed by atoms with E-state index in [1.807, 2.05) is 0 Å². The molecule has 0 amide bonds. The number of aliphatic hydroxyl groups is 1. The van der Waals surface area contributed by atoms with Crippen LogP contribution in [0.4, 0.5) is 0 Å². The van der Waals surface area contributed by atoms with Crippen molar-refractivity contribution in [3.8, 4) is 0 Å². The number of benzene rings is 1. The highest BCUT2D eigenvalue weighted by Crippen LogP contribution is 2.57. The summed E-state index contributed by atoms with van der Waals surface area (Å²) in [6.07, 6.45) is 7.19. The standard InChI is InChI=1S/C16H20O2/c17-15-10-7-12-4-1-2-6-14(12)16(18-15)9-3-5-13(16)8-11-15/h1-2,4,6,13,17H,3,5,7-11H2/t13-,15-,16-/m0/s1. The van der Waals surface area contributed by atoms with Gasteiger partial charge in [0.05, 0.1) is 5.60 Å². The van der Waals surface area contributed by atoms with Gasteiger partial charge in [0.25, 0.3) is 0 Å². The lowest BCUT2D eigenvalue weighted by Crippen LogP contribution is -2.48. The Bertz CT molecular complexity index is 484. The van der Waals surface area contributed by atoms with E-state index >= 15 is 0 Å². The summed E-state index contributed by atoms with van der Waals surface area (Å²) in [6.45, 7) is 0. The van der Waals surface area contributed by atoms with E-state index in [4.69, 9.17) is 4.74 Å². The number of hydrogen-bond donors (Lipinski definition) is 1. The van der Waals surface area contributed by atoms with Crippen molar-refractivity contribution in [2.75, 3.05) is 0 Å². The first-order chi connectivity index (χ1) is 8.72. The SMILES string of the molecule is O[C@]12CCc3ccccc3[C@@]3(CCC[C@H]3CC1)O2. The predicted octanol–water partition coefficient (Wildman–Crippen LogP) is 3.13. The third-order valence-electron chi connectivity index (χ3n) is 5.27. The monoisotopic (exact) mass is 244 g/mol. The summed E-state index contributed by atoms with van der Waals surface area (Å²) in [5.41, 5.74) is 2.57. The van der Waals surface area contributed by atoms with Gasteiger partial charge in [-0.25, -0.2) is 0 Å². The number of aryl methyl sites for hydroxylation is 1. The van der Waals surface area contributed by atoms with E-state index in [-0.39, 0.29) is 5.60 Å². The Hall–Kier alpha value is -0.860. The summed E-state index contributed by atoms with van der Waals surface area (Å²) in [7, 11) is 0. The third kappa shape index (κ3) is 1.36. The maximum Gasteiger partial charge on any atom is 0.166 e. The van der Waals surface area contributed by atoms with Crippen molar-refractivity contribution in [3.05, 3.63) is 35.4 Å². The van der Waals surface area contributed by atoms with Crippen LogP contribution in [0.3, 0.4) is 0 Å². The first-order valence-corrected chi connectivity index (χ1v) is 7.23. The minimum Gasteiger partial charge on any atom is -0.365 e. The second kappa shape index (κ2) is 3.58. The molecular formula is C16H20O2. The summed E-state index contributed by atoms with van der Waals surface area (Å²) in [5, 5.41) is 10.7. The molecule has 1 N–H and O–H groups in total. The molecule has 1 saturated heterocycles. The van der Waals surface area contributed by atoms with Crippen LogP contribution in [-0.4, -0.2) is 10.9 Å². The second-order valence-corrected chi connectivity index (χ2v) is 6.22. The minimum absolute atomic E-state index is 0.180. The Labute approximate surface area is 108 Å². The minimum atomic E-state index is -0.875. The molecule has 1 aromatic rings.